The summed E-state index contributed by atoms with van der Waals surface area (Å²) in [5.74, 6) is -1.03. The Morgan fingerprint density at radius 3 is 2.50 bits per heavy atom. The van der Waals surface area contributed by atoms with Gasteiger partial charge in [0.15, 0.2) is 0 Å². The summed E-state index contributed by atoms with van der Waals surface area (Å²) in [6.45, 7) is 0. The first-order valence-electron chi connectivity index (χ1n) is 5.61. The average Bonchev–Trinajstić information content (AvgIpc) is 2.42. The van der Waals surface area contributed by atoms with E-state index in [4.69, 9.17) is 16.1 Å². The molecule has 0 bridgehead atoms. The lowest BCUT2D eigenvalue weighted by Crippen LogP contribution is -2.01. The Bertz CT molecular complexity index is 723. The highest BCUT2D eigenvalue weighted by atomic mass is 79.9. The van der Waals surface area contributed by atoms with Gasteiger partial charge >= 0.3 is 5.97 Å². The highest BCUT2D eigenvalue weighted by Crippen LogP contribution is 2.29. The molecule has 4 N–H and O–H groups in total. The van der Waals surface area contributed by atoms with E-state index in [1.54, 1.807) is 24.3 Å². The first-order valence-corrected chi connectivity index (χ1v) is 6.40. The standard InChI is InChI=1S/C14H10BrN3O2/c15-10-5-8(7-16)1-3-12(10)18-13-4-2-9(14(19)20)6-11(13)17/h1-6,18H,17H2,(H,19,20). The third kappa shape index (κ3) is 2.90. The van der Waals surface area contributed by atoms with Crippen LogP contribution in [0, 0.1) is 11.3 Å². The summed E-state index contributed by atoms with van der Waals surface area (Å²) >= 11 is 3.36. The molecule has 2 rings (SSSR count). The van der Waals surface area contributed by atoms with Gasteiger partial charge in [0.05, 0.1) is 34.3 Å². The third-order valence-corrected chi connectivity index (χ3v) is 3.32. The summed E-state index contributed by atoms with van der Waals surface area (Å²) in [5, 5.41) is 20.8. The van der Waals surface area contributed by atoms with E-state index >= 15 is 0 Å². The van der Waals surface area contributed by atoms with Crippen molar-refractivity contribution in [1.82, 2.24) is 0 Å². The van der Waals surface area contributed by atoms with Gasteiger partial charge in [-0.15, -0.1) is 0 Å². The van der Waals surface area contributed by atoms with E-state index in [1.165, 1.54) is 12.1 Å². The molecule has 0 aromatic heterocycles. The van der Waals surface area contributed by atoms with Crippen molar-refractivity contribution in [3.63, 3.8) is 0 Å². The fourth-order valence-electron chi connectivity index (χ4n) is 1.64. The number of aromatic carboxylic acids is 1. The molecule has 0 radical (unpaired) electrons. The number of nitrogens with one attached hydrogen (secondary N) is 1. The molecule has 0 aliphatic heterocycles. The first kappa shape index (κ1) is 13.9. The minimum absolute atomic E-state index is 0.131. The molecule has 0 unspecified atom stereocenters. The highest BCUT2D eigenvalue weighted by molar-refractivity contribution is 9.10. The second-order valence-electron chi connectivity index (χ2n) is 4.04. The van der Waals surface area contributed by atoms with Crippen LogP contribution in [-0.2, 0) is 0 Å². The molecule has 2 aromatic carbocycles. The molecular formula is C14H10BrN3O2. The van der Waals surface area contributed by atoms with Gasteiger partial charge in [-0.2, -0.15) is 5.26 Å². The van der Waals surface area contributed by atoms with Gasteiger partial charge in [0.1, 0.15) is 0 Å². The molecule has 100 valence electrons. The van der Waals surface area contributed by atoms with Crippen molar-refractivity contribution in [2.24, 2.45) is 0 Å². The molecule has 0 spiro atoms. The van der Waals surface area contributed by atoms with E-state index in [0.717, 1.165) is 10.2 Å². The molecule has 0 fully saturated rings. The SMILES string of the molecule is N#Cc1ccc(Nc2ccc(C(=O)O)cc2N)c(Br)c1. The first-order chi connectivity index (χ1) is 9.51. The van der Waals surface area contributed by atoms with Crippen LogP contribution in [-0.4, -0.2) is 11.1 Å². The van der Waals surface area contributed by atoms with Crippen molar-refractivity contribution in [3.8, 4) is 6.07 Å². The number of nitrogens with zero attached hydrogens (tertiary/aromatic N) is 1. The number of rotatable bonds is 3. The number of nitrogen functional groups attached to an aromatic ring is 1. The second-order valence-corrected chi connectivity index (χ2v) is 4.89. The van der Waals surface area contributed by atoms with Crippen LogP contribution in [0.3, 0.4) is 0 Å². The highest BCUT2D eigenvalue weighted by Gasteiger charge is 2.08. The Morgan fingerprint density at radius 2 is 1.95 bits per heavy atom. The van der Waals surface area contributed by atoms with E-state index < -0.39 is 5.97 Å². The van der Waals surface area contributed by atoms with Gasteiger partial charge in [-0.25, -0.2) is 4.79 Å². The summed E-state index contributed by atoms with van der Waals surface area (Å²) in [6, 6.07) is 11.6. The van der Waals surface area contributed by atoms with Crippen molar-refractivity contribution in [1.29, 1.82) is 5.26 Å². The number of hydrogen-bond acceptors (Lipinski definition) is 4. The number of benzene rings is 2. The molecule has 0 aliphatic carbocycles. The van der Waals surface area contributed by atoms with Crippen molar-refractivity contribution in [2.75, 3.05) is 11.1 Å². The zero-order valence-corrected chi connectivity index (χ0v) is 11.8. The summed E-state index contributed by atoms with van der Waals surface area (Å²) in [7, 11) is 0. The van der Waals surface area contributed by atoms with Gasteiger partial charge in [-0.1, -0.05) is 0 Å². The molecule has 0 amide bonds. The monoisotopic (exact) mass is 331 g/mol. The van der Waals surface area contributed by atoms with E-state index in [-0.39, 0.29) is 5.56 Å². The molecule has 0 aliphatic rings. The number of carbonyl (C=O) groups is 1. The van der Waals surface area contributed by atoms with Crippen LogP contribution in [0.2, 0.25) is 0 Å². The Morgan fingerprint density at radius 1 is 1.25 bits per heavy atom. The number of carboxylic acid groups (broad SMARTS) is 1. The van der Waals surface area contributed by atoms with Crippen molar-refractivity contribution < 1.29 is 9.90 Å². The molecule has 0 saturated carbocycles. The Balaban J connectivity index is 2.31. The van der Waals surface area contributed by atoms with Gasteiger partial charge in [-0.05, 0) is 52.3 Å². The quantitative estimate of drug-likeness (QED) is 0.749. The van der Waals surface area contributed by atoms with Crippen LogP contribution in [0.4, 0.5) is 17.1 Å². The Kier molecular flexibility index (Phi) is 3.91. The maximum Gasteiger partial charge on any atom is 0.335 e. The Hall–Kier alpha value is -2.52. The topological polar surface area (TPSA) is 99.1 Å². The number of carboxylic acids is 1. The van der Waals surface area contributed by atoms with Gasteiger partial charge in [-0.3, -0.25) is 0 Å². The van der Waals surface area contributed by atoms with Crippen LogP contribution in [0.5, 0.6) is 0 Å². The molecular weight excluding hydrogens is 322 g/mol. The lowest BCUT2D eigenvalue weighted by atomic mass is 10.1. The lowest BCUT2D eigenvalue weighted by molar-refractivity contribution is 0.0697. The molecule has 6 heteroatoms. The normalized spacial score (nSPS) is 9.80. The molecule has 0 atom stereocenters. The van der Waals surface area contributed by atoms with Crippen molar-refractivity contribution >= 4 is 39.0 Å². The minimum Gasteiger partial charge on any atom is -0.478 e. The van der Waals surface area contributed by atoms with Gasteiger partial charge in [0, 0.05) is 4.47 Å². The van der Waals surface area contributed by atoms with Gasteiger partial charge < -0.3 is 16.2 Å². The maximum atomic E-state index is 10.8. The van der Waals surface area contributed by atoms with E-state index in [9.17, 15) is 4.79 Å². The summed E-state index contributed by atoms with van der Waals surface area (Å²) in [5.41, 5.74) is 8.16. The predicted molar refractivity (Wildman–Crippen MR) is 80.0 cm³/mol. The van der Waals surface area contributed by atoms with Crippen LogP contribution >= 0.6 is 15.9 Å². The number of anilines is 3. The summed E-state index contributed by atoms with van der Waals surface area (Å²) < 4.78 is 0.721. The molecule has 5 nitrogen and oxygen atoms in total. The van der Waals surface area contributed by atoms with E-state index in [1.807, 2.05) is 6.07 Å². The van der Waals surface area contributed by atoms with E-state index in [0.29, 0.717) is 16.9 Å². The number of halogens is 1. The largest absolute Gasteiger partial charge is 0.478 e. The van der Waals surface area contributed by atoms with Crippen molar-refractivity contribution in [3.05, 3.63) is 52.0 Å². The lowest BCUT2D eigenvalue weighted by Gasteiger charge is -2.11. The molecule has 2 aromatic rings. The number of nitriles is 1. The summed E-state index contributed by atoms with van der Waals surface area (Å²) in [4.78, 5) is 10.8. The zero-order chi connectivity index (χ0) is 14.7. The molecule has 20 heavy (non-hydrogen) atoms. The van der Waals surface area contributed by atoms with E-state index in [2.05, 4.69) is 21.2 Å². The fourth-order valence-corrected chi connectivity index (χ4v) is 2.12. The van der Waals surface area contributed by atoms with Crippen LogP contribution in [0.25, 0.3) is 0 Å². The predicted octanol–water partition coefficient (Wildman–Crippen LogP) is 3.34. The number of nitrogens with two attached hydrogens (primary N) is 1. The molecule has 0 heterocycles. The van der Waals surface area contributed by atoms with Crippen LogP contribution in [0.1, 0.15) is 15.9 Å². The van der Waals surface area contributed by atoms with Crippen molar-refractivity contribution in [2.45, 2.75) is 0 Å². The fraction of sp³-hybridized carbons (Fsp3) is 0. The maximum absolute atomic E-state index is 10.8. The van der Waals surface area contributed by atoms with Gasteiger partial charge in [0.25, 0.3) is 0 Å². The Labute approximate surface area is 123 Å². The minimum atomic E-state index is -1.03. The zero-order valence-electron chi connectivity index (χ0n) is 10.2. The summed E-state index contributed by atoms with van der Waals surface area (Å²) in [6.07, 6.45) is 0. The second kappa shape index (κ2) is 5.63. The average molecular weight is 332 g/mol. The number of hydrogen-bond donors (Lipinski definition) is 3. The van der Waals surface area contributed by atoms with Gasteiger partial charge in [0.2, 0.25) is 0 Å². The third-order valence-electron chi connectivity index (χ3n) is 2.67. The molecule has 0 saturated heterocycles. The van der Waals surface area contributed by atoms with Crippen LogP contribution in [0.15, 0.2) is 40.9 Å². The van der Waals surface area contributed by atoms with Crippen LogP contribution < -0.4 is 11.1 Å². The smallest absolute Gasteiger partial charge is 0.335 e.